The molecule has 19 heavy (non-hydrogen) atoms. The SMILES string of the molecule is Cc1cnc(Sc2c(F)cc(CCN)cc2F)nc1. The molecular weight excluding hydrogens is 268 g/mol. The number of rotatable bonds is 4. The van der Waals surface area contributed by atoms with E-state index in [2.05, 4.69) is 9.97 Å². The van der Waals surface area contributed by atoms with Crippen molar-refractivity contribution in [2.75, 3.05) is 6.54 Å². The van der Waals surface area contributed by atoms with Crippen LogP contribution in [0.2, 0.25) is 0 Å². The van der Waals surface area contributed by atoms with Crippen molar-refractivity contribution in [1.29, 1.82) is 0 Å². The number of nitrogens with two attached hydrogens (primary N) is 1. The zero-order valence-corrected chi connectivity index (χ0v) is 11.2. The Hall–Kier alpha value is -1.53. The molecule has 2 aromatic rings. The predicted molar refractivity (Wildman–Crippen MR) is 70.0 cm³/mol. The molecule has 0 unspecified atom stereocenters. The van der Waals surface area contributed by atoms with E-state index in [-0.39, 0.29) is 4.90 Å². The van der Waals surface area contributed by atoms with Gasteiger partial charge < -0.3 is 5.73 Å². The minimum atomic E-state index is -0.613. The van der Waals surface area contributed by atoms with E-state index in [0.717, 1.165) is 17.3 Å². The summed E-state index contributed by atoms with van der Waals surface area (Å²) >= 11 is 0.873. The van der Waals surface area contributed by atoms with Crippen LogP contribution in [-0.4, -0.2) is 16.5 Å². The first kappa shape index (κ1) is 13.9. The van der Waals surface area contributed by atoms with Gasteiger partial charge in [0.05, 0.1) is 4.90 Å². The van der Waals surface area contributed by atoms with Gasteiger partial charge in [0.25, 0.3) is 0 Å². The quantitative estimate of drug-likeness (QED) is 0.875. The molecule has 0 fully saturated rings. The zero-order valence-electron chi connectivity index (χ0n) is 10.4. The van der Waals surface area contributed by atoms with Crippen molar-refractivity contribution in [3.05, 3.63) is 47.3 Å². The average Bonchev–Trinajstić information content (AvgIpc) is 2.36. The topological polar surface area (TPSA) is 51.8 Å². The molecule has 3 nitrogen and oxygen atoms in total. The lowest BCUT2D eigenvalue weighted by Crippen LogP contribution is -2.04. The second kappa shape index (κ2) is 6.08. The van der Waals surface area contributed by atoms with Gasteiger partial charge >= 0.3 is 0 Å². The molecule has 0 aliphatic heterocycles. The first-order valence-electron chi connectivity index (χ1n) is 5.74. The zero-order chi connectivity index (χ0) is 13.8. The summed E-state index contributed by atoms with van der Waals surface area (Å²) in [5, 5.41) is 0.315. The third-order valence-electron chi connectivity index (χ3n) is 2.44. The Kier molecular flexibility index (Phi) is 4.44. The van der Waals surface area contributed by atoms with E-state index < -0.39 is 11.6 Å². The summed E-state index contributed by atoms with van der Waals surface area (Å²) in [5.41, 5.74) is 6.81. The predicted octanol–water partition coefficient (Wildman–Crippen LogP) is 2.72. The number of aryl methyl sites for hydroxylation is 1. The van der Waals surface area contributed by atoms with Crippen molar-refractivity contribution in [2.45, 2.75) is 23.4 Å². The Morgan fingerprint density at radius 3 is 2.26 bits per heavy atom. The van der Waals surface area contributed by atoms with Crippen LogP contribution in [0.25, 0.3) is 0 Å². The van der Waals surface area contributed by atoms with Gasteiger partial charge in [-0.25, -0.2) is 18.7 Å². The molecule has 0 spiro atoms. The summed E-state index contributed by atoms with van der Waals surface area (Å²) in [5.74, 6) is -1.23. The average molecular weight is 281 g/mol. The molecule has 0 aliphatic carbocycles. The molecule has 100 valence electrons. The molecule has 0 saturated carbocycles. The normalized spacial score (nSPS) is 10.7. The van der Waals surface area contributed by atoms with E-state index >= 15 is 0 Å². The third kappa shape index (κ3) is 3.48. The molecule has 0 bridgehead atoms. The maximum absolute atomic E-state index is 13.8. The highest BCUT2D eigenvalue weighted by molar-refractivity contribution is 7.99. The Morgan fingerprint density at radius 1 is 1.16 bits per heavy atom. The van der Waals surface area contributed by atoms with Crippen LogP contribution in [0.4, 0.5) is 8.78 Å². The van der Waals surface area contributed by atoms with Gasteiger partial charge in [0.2, 0.25) is 0 Å². The smallest absolute Gasteiger partial charge is 0.192 e. The lowest BCUT2D eigenvalue weighted by Gasteiger charge is -2.06. The number of benzene rings is 1. The van der Waals surface area contributed by atoms with Crippen molar-refractivity contribution < 1.29 is 8.78 Å². The third-order valence-corrected chi connectivity index (χ3v) is 3.43. The fourth-order valence-corrected chi connectivity index (χ4v) is 2.25. The van der Waals surface area contributed by atoms with E-state index in [4.69, 9.17) is 5.73 Å². The van der Waals surface area contributed by atoms with Gasteiger partial charge in [-0.05, 0) is 54.9 Å². The van der Waals surface area contributed by atoms with Crippen molar-refractivity contribution in [1.82, 2.24) is 9.97 Å². The maximum atomic E-state index is 13.8. The van der Waals surface area contributed by atoms with Crippen molar-refractivity contribution in [3.8, 4) is 0 Å². The fraction of sp³-hybridized carbons (Fsp3) is 0.231. The van der Waals surface area contributed by atoms with Gasteiger partial charge in [-0.3, -0.25) is 0 Å². The summed E-state index contributed by atoms with van der Waals surface area (Å²) in [6.45, 7) is 2.20. The number of aromatic nitrogens is 2. The number of hydrogen-bond donors (Lipinski definition) is 1. The number of nitrogens with zero attached hydrogens (tertiary/aromatic N) is 2. The number of hydrogen-bond acceptors (Lipinski definition) is 4. The summed E-state index contributed by atoms with van der Waals surface area (Å²) < 4.78 is 27.7. The van der Waals surface area contributed by atoms with Gasteiger partial charge in [-0.1, -0.05) is 0 Å². The molecule has 0 saturated heterocycles. The van der Waals surface area contributed by atoms with Crippen LogP contribution in [0.5, 0.6) is 0 Å². The minimum Gasteiger partial charge on any atom is -0.330 e. The van der Waals surface area contributed by atoms with Crippen molar-refractivity contribution >= 4 is 11.8 Å². The Balaban J connectivity index is 2.27. The molecule has 6 heteroatoms. The van der Waals surface area contributed by atoms with Gasteiger partial charge in [-0.15, -0.1) is 0 Å². The van der Waals surface area contributed by atoms with Crippen LogP contribution in [0.1, 0.15) is 11.1 Å². The molecule has 0 amide bonds. The highest BCUT2D eigenvalue weighted by atomic mass is 32.2. The maximum Gasteiger partial charge on any atom is 0.192 e. The van der Waals surface area contributed by atoms with Crippen LogP contribution in [0, 0.1) is 18.6 Å². The molecule has 1 aromatic heterocycles. The van der Waals surface area contributed by atoms with E-state index in [9.17, 15) is 8.78 Å². The Morgan fingerprint density at radius 2 is 1.74 bits per heavy atom. The largest absolute Gasteiger partial charge is 0.330 e. The van der Waals surface area contributed by atoms with E-state index in [0.29, 0.717) is 23.7 Å². The molecular formula is C13H13F2N3S. The second-order valence-corrected chi connectivity index (χ2v) is 5.05. The second-order valence-electron chi connectivity index (χ2n) is 4.07. The highest BCUT2D eigenvalue weighted by Gasteiger charge is 2.14. The highest BCUT2D eigenvalue weighted by Crippen LogP contribution is 2.30. The first-order valence-corrected chi connectivity index (χ1v) is 6.56. The summed E-state index contributed by atoms with van der Waals surface area (Å²) in [4.78, 5) is 7.93. The van der Waals surface area contributed by atoms with Crippen LogP contribution in [-0.2, 0) is 6.42 Å². The van der Waals surface area contributed by atoms with Crippen LogP contribution in [0.3, 0.4) is 0 Å². The molecule has 1 heterocycles. The molecule has 2 N–H and O–H groups in total. The van der Waals surface area contributed by atoms with Crippen molar-refractivity contribution in [3.63, 3.8) is 0 Å². The summed E-state index contributed by atoms with van der Waals surface area (Å²) in [7, 11) is 0. The molecule has 2 rings (SSSR count). The monoisotopic (exact) mass is 281 g/mol. The summed E-state index contributed by atoms with van der Waals surface area (Å²) in [6, 6.07) is 2.60. The number of halogens is 2. The minimum absolute atomic E-state index is 0.0929. The van der Waals surface area contributed by atoms with Crippen LogP contribution < -0.4 is 5.73 Å². The Labute approximate surface area is 114 Å². The van der Waals surface area contributed by atoms with Gasteiger partial charge in [0, 0.05) is 12.4 Å². The lowest BCUT2D eigenvalue weighted by molar-refractivity contribution is 0.537. The standard InChI is InChI=1S/C13H13F2N3S/c1-8-6-17-13(18-7-8)19-12-10(14)4-9(2-3-16)5-11(12)15/h4-7H,2-3,16H2,1H3. The van der Waals surface area contributed by atoms with Gasteiger partial charge in [0.15, 0.2) is 5.16 Å². The van der Waals surface area contributed by atoms with Crippen molar-refractivity contribution in [2.24, 2.45) is 5.73 Å². The fourth-order valence-electron chi connectivity index (χ4n) is 1.55. The molecule has 0 radical (unpaired) electrons. The summed E-state index contributed by atoms with van der Waals surface area (Å²) in [6.07, 6.45) is 3.65. The van der Waals surface area contributed by atoms with Gasteiger partial charge in [0.1, 0.15) is 11.6 Å². The van der Waals surface area contributed by atoms with Gasteiger partial charge in [-0.2, -0.15) is 0 Å². The van der Waals surface area contributed by atoms with Crippen LogP contribution >= 0.6 is 11.8 Å². The first-order chi connectivity index (χ1) is 9.10. The molecule has 0 aliphatic rings. The Bertz CT molecular complexity index is 550. The lowest BCUT2D eigenvalue weighted by atomic mass is 10.1. The van der Waals surface area contributed by atoms with E-state index in [1.807, 2.05) is 6.92 Å². The van der Waals surface area contributed by atoms with E-state index in [1.165, 1.54) is 12.1 Å². The molecule has 0 atom stereocenters. The van der Waals surface area contributed by atoms with E-state index in [1.54, 1.807) is 12.4 Å². The molecule has 1 aromatic carbocycles. The van der Waals surface area contributed by atoms with Crippen LogP contribution in [0.15, 0.2) is 34.6 Å².